The van der Waals surface area contributed by atoms with E-state index in [1.54, 1.807) is 6.92 Å². The predicted molar refractivity (Wildman–Crippen MR) is 85.8 cm³/mol. The Labute approximate surface area is 149 Å². The molecule has 138 valence electrons. The molecule has 0 radical (unpaired) electrons. The molecular formula is C15H10F4N2O3S2. The second kappa shape index (κ2) is 6.47. The summed E-state index contributed by atoms with van der Waals surface area (Å²) < 4.78 is 82.6. The van der Waals surface area contributed by atoms with Gasteiger partial charge in [-0.1, -0.05) is 5.16 Å². The molecule has 26 heavy (non-hydrogen) atoms. The van der Waals surface area contributed by atoms with Crippen molar-refractivity contribution in [2.75, 3.05) is 6.26 Å². The molecule has 0 saturated carbocycles. The van der Waals surface area contributed by atoms with E-state index >= 15 is 0 Å². The molecule has 0 N–H and O–H groups in total. The Bertz CT molecular complexity index is 1070. The first kappa shape index (κ1) is 18.5. The summed E-state index contributed by atoms with van der Waals surface area (Å²) in [6.07, 6.45) is -2.46. The minimum atomic E-state index is -4.18. The normalized spacial score (nSPS) is 12.1. The number of hydrogen-bond donors (Lipinski definition) is 0. The number of halogens is 4. The molecule has 11 heteroatoms. The summed E-state index contributed by atoms with van der Waals surface area (Å²) in [6.45, 7) is 1.68. The van der Waals surface area contributed by atoms with Crippen LogP contribution in [0.2, 0.25) is 0 Å². The van der Waals surface area contributed by atoms with E-state index in [9.17, 15) is 26.0 Å². The SMILES string of the molecule is Cc1nc(-c2noc(C(F)F)c2-c2cc(F)c(S(C)(=O)=O)c(F)c2)cs1. The molecule has 0 saturated heterocycles. The molecule has 0 bridgehead atoms. The van der Waals surface area contributed by atoms with E-state index in [1.807, 2.05) is 0 Å². The molecule has 0 unspecified atom stereocenters. The van der Waals surface area contributed by atoms with Crippen molar-refractivity contribution in [1.29, 1.82) is 0 Å². The van der Waals surface area contributed by atoms with E-state index in [0.29, 0.717) is 23.4 Å². The zero-order valence-corrected chi connectivity index (χ0v) is 14.9. The fourth-order valence-corrected chi connectivity index (χ4v) is 3.86. The monoisotopic (exact) mass is 406 g/mol. The van der Waals surface area contributed by atoms with Crippen molar-refractivity contribution in [2.24, 2.45) is 0 Å². The van der Waals surface area contributed by atoms with Gasteiger partial charge in [0.25, 0.3) is 6.43 Å². The van der Waals surface area contributed by atoms with Crippen molar-refractivity contribution < 1.29 is 30.5 Å². The number of rotatable bonds is 4. The van der Waals surface area contributed by atoms with Crippen LogP contribution in [0.15, 0.2) is 26.9 Å². The number of alkyl halides is 2. The lowest BCUT2D eigenvalue weighted by molar-refractivity contribution is 0.113. The second-order valence-corrected chi connectivity index (χ2v) is 8.38. The second-order valence-electron chi connectivity index (χ2n) is 5.36. The summed E-state index contributed by atoms with van der Waals surface area (Å²) in [5.41, 5.74) is -0.588. The van der Waals surface area contributed by atoms with Gasteiger partial charge in [-0.05, 0) is 24.6 Å². The van der Waals surface area contributed by atoms with E-state index in [0.717, 1.165) is 0 Å². The highest BCUT2D eigenvalue weighted by atomic mass is 32.2. The van der Waals surface area contributed by atoms with Gasteiger partial charge in [-0.25, -0.2) is 31.0 Å². The van der Waals surface area contributed by atoms with Crippen LogP contribution in [-0.4, -0.2) is 24.8 Å². The van der Waals surface area contributed by atoms with E-state index in [2.05, 4.69) is 14.7 Å². The predicted octanol–water partition coefficient (Wildman–Crippen LogP) is 4.39. The standard InChI is InChI=1S/C15H10F4N2O3S2/c1-6-20-10(5-25-6)12-11(13(15(18)19)24-21-12)7-3-8(16)14(9(17)4-7)26(2,22)23/h3-5,15H,1-2H3. The van der Waals surface area contributed by atoms with Gasteiger partial charge in [0, 0.05) is 11.6 Å². The first-order valence-electron chi connectivity index (χ1n) is 6.99. The van der Waals surface area contributed by atoms with Crippen molar-refractivity contribution in [3.8, 4) is 22.5 Å². The molecular weight excluding hydrogens is 396 g/mol. The molecule has 0 aliphatic heterocycles. The van der Waals surface area contributed by atoms with Gasteiger partial charge < -0.3 is 4.52 Å². The highest BCUT2D eigenvalue weighted by Crippen LogP contribution is 2.40. The first-order chi connectivity index (χ1) is 12.1. The Balaban J connectivity index is 2.28. The molecule has 3 rings (SSSR count). The van der Waals surface area contributed by atoms with Gasteiger partial charge in [0.15, 0.2) is 9.84 Å². The van der Waals surface area contributed by atoms with E-state index in [4.69, 9.17) is 0 Å². The molecule has 5 nitrogen and oxygen atoms in total. The zero-order chi connectivity index (χ0) is 19.2. The van der Waals surface area contributed by atoms with Crippen molar-refractivity contribution in [3.05, 3.63) is 39.9 Å². The Morgan fingerprint density at radius 3 is 2.27 bits per heavy atom. The van der Waals surface area contributed by atoms with Crippen LogP contribution in [0.25, 0.3) is 22.5 Å². The highest BCUT2D eigenvalue weighted by Gasteiger charge is 2.29. The number of hydrogen-bond acceptors (Lipinski definition) is 6. The van der Waals surface area contributed by atoms with Crippen LogP contribution in [0, 0.1) is 18.6 Å². The highest BCUT2D eigenvalue weighted by molar-refractivity contribution is 7.90. The van der Waals surface area contributed by atoms with E-state index < -0.39 is 38.6 Å². The van der Waals surface area contributed by atoms with Gasteiger partial charge >= 0.3 is 0 Å². The average Bonchev–Trinajstić information content (AvgIpc) is 3.10. The topological polar surface area (TPSA) is 73.1 Å². The van der Waals surface area contributed by atoms with Crippen molar-refractivity contribution >= 4 is 21.2 Å². The van der Waals surface area contributed by atoms with Crippen LogP contribution in [0.1, 0.15) is 17.2 Å². The number of aromatic nitrogens is 2. The van der Waals surface area contributed by atoms with Gasteiger partial charge in [-0.2, -0.15) is 0 Å². The Hall–Kier alpha value is -2.27. The number of aryl methyl sites for hydroxylation is 1. The molecule has 0 aliphatic rings. The maximum atomic E-state index is 14.2. The van der Waals surface area contributed by atoms with Gasteiger partial charge in [-0.3, -0.25) is 0 Å². The maximum Gasteiger partial charge on any atom is 0.298 e. The smallest absolute Gasteiger partial charge is 0.298 e. The first-order valence-corrected chi connectivity index (χ1v) is 9.76. The molecule has 1 aromatic carbocycles. The Morgan fingerprint density at radius 2 is 1.81 bits per heavy atom. The van der Waals surface area contributed by atoms with Gasteiger partial charge in [0.05, 0.1) is 10.6 Å². The van der Waals surface area contributed by atoms with Crippen LogP contribution in [0.5, 0.6) is 0 Å². The summed E-state index contributed by atoms with van der Waals surface area (Å²) in [5, 5.41) is 5.71. The molecule has 0 amide bonds. The summed E-state index contributed by atoms with van der Waals surface area (Å²) in [5.74, 6) is -3.69. The lowest BCUT2D eigenvalue weighted by Crippen LogP contribution is -2.05. The number of sulfone groups is 1. The summed E-state index contributed by atoms with van der Waals surface area (Å²) in [7, 11) is -4.18. The fourth-order valence-electron chi connectivity index (χ4n) is 2.44. The van der Waals surface area contributed by atoms with Crippen LogP contribution < -0.4 is 0 Å². The van der Waals surface area contributed by atoms with E-state index in [-0.39, 0.29) is 22.5 Å². The van der Waals surface area contributed by atoms with E-state index in [1.165, 1.54) is 16.7 Å². The van der Waals surface area contributed by atoms with Crippen molar-refractivity contribution in [3.63, 3.8) is 0 Å². The fraction of sp³-hybridized carbons (Fsp3) is 0.200. The van der Waals surface area contributed by atoms with Gasteiger partial charge in [-0.15, -0.1) is 11.3 Å². The number of nitrogens with zero attached hydrogens (tertiary/aromatic N) is 2. The average molecular weight is 406 g/mol. The Kier molecular flexibility index (Phi) is 4.61. The van der Waals surface area contributed by atoms with Crippen LogP contribution in [0.3, 0.4) is 0 Å². The Morgan fingerprint density at radius 1 is 1.19 bits per heavy atom. The quantitative estimate of drug-likeness (QED) is 0.601. The lowest BCUT2D eigenvalue weighted by Gasteiger charge is -2.08. The van der Waals surface area contributed by atoms with Crippen LogP contribution >= 0.6 is 11.3 Å². The van der Waals surface area contributed by atoms with Gasteiger partial charge in [0.1, 0.15) is 27.9 Å². The number of benzene rings is 1. The summed E-state index contributed by atoms with van der Waals surface area (Å²) in [6, 6.07) is 1.31. The largest absolute Gasteiger partial charge is 0.354 e. The molecule has 0 fully saturated rings. The lowest BCUT2D eigenvalue weighted by atomic mass is 10.0. The number of thiazole rings is 1. The molecule has 2 aromatic heterocycles. The van der Waals surface area contributed by atoms with Gasteiger partial charge in [0.2, 0.25) is 5.76 Å². The minimum absolute atomic E-state index is 0.115. The van der Waals surface area contributed by atoms with Crippen LogP contribution in [0.4, 0.5) is 17.6 Å². The zero-order valence-electron chi connectivity index (χ0n) is 13.3. The summed E-state index contributed by atoms with van der Waals surface area (Å²) >= 11 is 1.23. The summed E-state index contributed by atoms with van der Waals surface area (Å²) in [4.78, 5) is 2.97. The molecule has 0 aliphatic carbocycles. The van der Waals surface area contributed by atoms with Crippen molar-refractivity contribution in [1.82, 2.24) is 10.1 Å². The molecule has 3 aromatic rings. The molecule has 0 spiro atoms. The minimum Gasteiger partial charge on any atom is -0.354 e. The maximum absolute atomic E-state index is 14.2. The third-order valence-electron chi connectivity index (χ3n) is 3.44. The van der Waals surface area contributed by atoms with Crippen LogP contribution in [-0.2, 0) is 9.84 Å². The molecule has 2 heterocycles. The van der Waals surface area contributed by atoms with Crippen molar-refractivity contribution in [2.45, 2.75) is 18.2 Å². The third kappa shape index (κ3) is 3.23. The molecule has 0 atom stereocenters. The third-order valence-corrected chi connectivity index (χ3v) is 5.34.